The number of nitrogens with zero attached hydrogens (tertiary/aromatic N) is 7. The third-order valence-corrected chi connectivity index (χ3v) is 7.88. The van der Waals surface area contributed by atoms with Crippen LogP contribution < -0.4 is 5.73 Å². The van der Waals surface area contributed by atoms with Gasteiger partial charge in [0.05, 0.1) is 28.7 Å². The average Bonchev–Trinajstić information content (AvgIpc) is 3.43. The smallest absolute Gasteiger partial charge is 0.165 e. The Morgan fingerprint density at radius 2 is 1.52 bits per heavy atom. The van der Waals surface area contributed by atoms with Gasteiger partial charge in [0.1, 0.15) is 11.8 Å². The number of hydrogen-bond acceptors (Lipinski definition) is 7. The van der Waals surface area contributed by atoms with Crippen molar-refractivity contribution in [1.29, 1.82) is 0 Å². The number of rotatable bonds is 5. The van der Waals surface area contributed by atoms with Crippen molar-refractivity contribution >= 4 is 39.6 Å². The summed E-state index contributed by atoms with van der Waals surface area (Å²) in [5.41, 5.74) is 14.1. The van der Waals surface area contributed by atoms with Crippen LogP contribution in [0.3, 0.4) is 0 Å². The maximum atomic E-state index is 6.25. The molecule has 3 aromatic carbocycles. The Balaban J connectivity index is 1.09. The number of fused-ring (bicyclic) bond motifs is 2. The summed E-state index contributed by atoms with van der Waals surface area (Å²) in [5.74, 6) is 0.430. The summed E-state index contributed by atoms with van der Waals surface area (Å²) in [7, 11) is 0. The topological polar surface area (TPSA) is 98.6 Å². The molecule has 9 heteroatoms. The molecule has 1 saturated heterocycles. The fourth-order valence-corrected chi connectivity index (χ4v) is 5.71. The van der Waals surface area contributed by atoms with Gasteiger partial charge in [-0.2, -0.15) is 0 Å². The van der Waals surface area contributed by atoms with Gasteiger partial charge in [-0.1, -0.05) is 66.2 Å². The van der Waals surface area contributed by atoms with E-state index in [1.807, 2.05) is 42.7 Å². The summed E-state index contributed by atoms with van der Waals surface area (Å²) in [4.78, 5) is 25.4. The predicted molar refractivity (Wildman–Crippen MR) is 159 cm³/mol. The van der Waals surface area contributed by atoms with Gasteiger partial charge in [0, 0.05) is 41.8 Å². The summed E-state index contributed by atoms with van der Waals surface area (Å²) in [5, 5.41) is 0.652. The fraction of sp³-hybridized carbons (Fsp3) is 0.194. The number of nitrogens with two attached hydrogens (primary N) is 1. The van der Waals surface area contributed by atoms with Crippen molar-refractivity contribution in [3.63, 3.8) is 0 Å². The average molecular weight is 547 g/mol. The summed E-state index contributed by atoms with van der Waals surface area (Å²) >= 11 is 6.25. The number of hydrogen-bond donors (Lipinski definition) is 1. The van der Waals surface area contributed by atoms with Gasteiger partial charge in [0.25, 0.3) is 0 Å². The molecule has 40 heavy (non-hydrogen) atoms. The number of piperidine rings is 1. The summed E-state index contributed by atoms with van der Waals surface area (Å²) < 4.78 is 2.16. The molecule has 0 unspecified atom stereocenters. The van der Waals surface area contributed by atoms with E-state index >= 15 is 0 Å². The van der Waals surface area contributed by atoms with E-state index in [4.69, 9.17) is 27.3 Å². The van der Waals surface area contributed by atoms with Crippen LogP contribution in [0.25, 0.3) is 44.7 Å². The molecule has 0 aliphatic carbocycles. The molecular formula is C31H27ClN8. The van der Waals surface area contributed by atoms with Gasteiger partial charge in [0.15, 0.2) is 11.5 Å². The lowest BCUT2D eigenvalue weighted by Crippen LogP contribution is -2.34. The van der Waals surface area contributed by atoms with Crippen molar-refractivity contribution in [3.8, 4) is 22.5 Å². The van der Waals surface area contributed by atoms with E-state index in [-0.39, 0.29) is 0 Å². The van der Waals surface area contributed by atoms with E-state index in [1.165, 1.54) is 11.9 Å². The first kappa shape index (κ1) is 24.6. The van der Waals surface area contributed by atoms with Gasteiger partial charge in [-0.25, -0.2) is 24.9 Å². The maximum Gasteiger partial charge on any atom is 0.165 e. The van der Waals surface area contributed by atoms with Crippen LogP contribution in [0.1, 0.15) is 24.4 Å². The Bertz CT molecular complexity index is 1810. The molecule has 1 aliphatic heterocycles. The monoisotopic (exact) mass is 546 g/mol. The molecule has 1 aliphatic rings. The molecule has 2 N–H and O–H groups in total. The lowest BCUT2D eigenvalue weighted by atomic mass is 10.0. The second kappa shape index (κ2) is 10.3. The van der Waals surface area contributed by atoms with Crippen LogP contribution in [0.5, 0.6) is 0 Å². The molecule has 0 atom stereocenters. The molecule has 0 spiro atoms. The lowest BCUT2D eigenvalue weighted by Gasteiger charge is -2.32. The normalized spacial score (nSPS) is 14.7. The van der Waals surface area contributed by atoms with Crippen LogP contribution in [0, 0.1) is 0 Å². The van der Waals surface area contributed by atoms with Gasteiger partial charge in [0.2, 0.25) is 0 Å². The molecular weight excluding hydrogens is 520 g/mol. The Labute approximate surface area is 236 Å². The van der Waals surface area contributed by atoms with Crippen molar-refractivity contribution < 1.29 is 0 Å². The van der Waals surface area contributed by atoms with Crippen molar-refractivity contribution in [2.75, 3.05) is 18.8 Å². The number of nitrogen functional groups attached to an aromatic ring is 1. The summed E-state index contributed by atoms with van der Waals surface area (Å²) in [6.45, 7) is 2.91. The molecule has 0 radical (unpaired) electrons. The number of aromatic nitrogens is 6. The molecule has 3 aromatic heterocycles. The van der Waals surface area contributed by atoms with E-state index in [0.29, 0.717) is 22.4 Å². The maximum absolute atomic E-state index is 6.25. The first-order chi connectivity index (χ1) is 19.6. The van der Waals surface area contributed by atoms with Crippen molar-refractivity contribution in [2.45, 2.75) is 25.4 Å². The van der Waals surface area contributed by atoms with Gasteiger partial charge < -0.3 is 10.3 Å². The molecule has 0 saturated carbocycles. The SMILES string of the molecule is Nc1ncnc2c1ncn2C1CCN(Cc2ccc(-c3nc4ccc(Cl)cc4nc3-c3ccccc3)cc2)CC1. The molecule has 7 rings (SSSR count). The molecule has 4 heterocycles. The Morgan fingerprint density at radius 1 is 0.800 bits per heavy atom. The number of anilines is 1. The number of likely N-dealkylation sites (tertiary alicyclic amines) is 1. The van der Waals surface area contributed by atoms with E-state index < -0.39 is 0 Å². The minimum absolute atomic E-state index is 0.357. The van der Waals surface area contributed by atoms with Crippen LogP contribution in [0.4, 0.5) is 5.82 Å². The summed E-state index contributed by atoms with van der Waals surface area (Å²) in [6, 6.07) is 24.9. The van der Waals surface area contributed by atoms with E-state index in [1.54, 1.807) is 0 Å². The highest BCUT2D eigenvalue weighted by atomic mass is 35.5. The fourth-order valence-electron chi connectivity index (χ4n) is 5.55. The molecule has 1 fully saturated rings. The molecule has 0 bridgehead atoms. The van der Waals surface area contributed by atoms with Crippen LogP contribution >= 0.6 is 11.6 Å². The minimum Gasteiger partial charge on any atom is -0.382 e. The highest BCUT2D eigenvalue weighted by Crippen LogP contribution is 2.32. The van der Waals surface area contributed by atoms with Gasteiger partial charge in [-0.3, -0.25) is 4.90 Å². The van der Waals surface area contributed by atoms with Crippen molar-refractivity contribution in [1.82, 2.24) is 34.4 Å². The highest BCUT2D eigenvalue weighted by molar-refractivity contribution is 6.31. The lowest BCUT2D eigenvalue weighted by molar-refractivity contribution is 0.181. The third kappa shape index (κ3) is 4.65. The van der Waals surface area contributed by atoms with Crippen LogP contribution in [0.2, 0.25) is 5.02 Å². The van der Waals surface area contributed by atoms with E-state index in [2.05, 4.69) is 60.8 Å². The third-order valence-electron chi connectivity index (χ3n) is 7.64. The Kier molecular flexibility index (Phi) is 6.34. The Hall–Kier alpha value is -4.40. The standard InChI is InChI=1S/C31H27ClN8/c32-23-10-11-25-26(16-23)38-27(21-4-2-1-3-5-21)28(37-25)22-8-6-20(7-9-22)17-39-14-12-24(13-15-39)40-19-36-29-30(33)34-18-35-31(29)40/h1-11,16,18-19,24H,12-15,17H2,(H2,33,34,35). The van der Waals surface area contributed by atoms with E-state index in [9.17, 15) is 0 Å². The second-order valence-corrected chi connectivity index (χ2v) is 10.6. The minimum atomic E-state index is 0.357. The Morgan fingerprint density at radius 3 is 2.30 bits per heavy atom. The van der Waals surface area contributed by atoms with E-state index in [0.717, 1.165) is 71.7 Å². The zero-order chi connectivity index (χ0) is 27.1. The second-order valence-electron chi connectivity index (χ2n) is 10.2. The van der Waals surface area contributed by atoms with Crippen LogP contribution in [0.15, 0.2) is 85.5 Å². The highest BCUT2D eigenvalue weighted by Gasteiger charge is 2.23. The van der Waals surface area contributed by atoms with Crippen molar-refractivity contribution in [2.24, 2.45) is 0 Å². The predicted octanol–water partition coefficient (Wildman–Crippen LogP) is 6.18. The zero-order valence-electron chi connectivity index (χ0n) is 21.8. The first-order valence-electron chi connectivity index (χ1n) is 13.4. The van der Waals surface area contributed by atoms with Crippen LogP contribution in [-0.4, -0.2) is 47.5 Å². The van der Waals surface area contributed by atoms with Crippen molar-refractivity contribution in [3.05, 3.63) is 96.0 Å². The number of imidazole rings is 1. The largest absolute Gasteiger partial charge is 0.382 e. The zero-order valence-corrected chi connectivity index (χ0v) is 22.5. The van der Waals surface area contributed by atoms with Gasteiger partial charge in [-0.05, 0) is 36.6 Å². The molecule has 0 amide bonds. The van der Waals surface area contributed by atoms with Crippen LogP contribution in [-0.2, 0) is 6.54 Å². The number of halogens is 1. The molecule has 8 nitrogen and oxygen atoms in total. The molecule has 6 aromatic rings. The van der Waals surface area contributed by atoms with Gasteiger partial charge in [-0.15, -0.1) is 0 Å². The quantitative estimate of drug-likeness (QED) is 0.276. The first-order valence-corrected chi connectivity index (χ1v) is 13.8. The number of benzene rings is 3. The van der Waals surface area contributed by atoms with Gasteiger partial charge >= 0.3 is 0 Å². The summed E-state index contributed by atoms with van der Waals surface area (Å²) in [6.07, 6.45) is 5.43. The molecule has 198 valence electrons.